The summed E-state index contributed by atoms with van der Waals surface area (Å²) in [6, 6.07) is 11.3. The molecule has 2 amide bonds. The van der Waals surface area contributed by atoms with E-state index in [1.165, 1.54) is 6.92 Å². The van der Waals surface area contributed by atoms with Gasteiger partial charge in [0.1, 0.15) is 11.7 Å². The summed E-state index contributed by atoms with van der Waals surface area (Å²) in [5.41, 5.74) is 2.16. The first kappa shape index (κ1) is 23.5. The zero-order valence-corrected chi connectivity index (χ0v) is 19.1. The molecule has 0 fully saturated rings. The summed E-state index contributed by atoms with van der Waals surface area (Å²) in [5.74, 6) is -0.110. The van der Waals surface area contributed by atoms with Gasteiger partial charge < -0.3 is 19.6 Å². The minimum Gasteiger partial charge on any atom is -0.472 e. The average molecular weight is 438 g/mol. The second-order valence-corrected chi connectivity index (χ2v) is 8.39. The Morgan fingerprint density at radius 3 is 2.66 bits per heavy atom. The van der Waals surface area contributed by atoms with E-state index in [0.717, 1.165) is 11.1 Å². The van der Waals surface area contributed by atoms with Gasteiger partial charge in [0.25, 0.3) is 5.91 Å². The van der Waals surface area contributed by atoms with Crippen molar-refractivity contribution in [3.63, 3.8) is 0 Å². The molecule has 0 saturated heterocycles. The molecule has 0 bridgehead atoms. The van der Waals surface area contributed by atoms with Gasteiger partial charge in [-0.15, -0.1) is 0 Å². The molecule has 0 aliphatic carbocycles. The van der Waals surface area contributed by atoms with E-state index in [1.54, 1.807) is 29.1 Å². The van der Waals surface area contributed by atoms with Crippen molar-refractivity contribution in [3.05, 3.63) is 59.3 Å². The van der Waals surface area contributed by atoms with Gasteiger partial charge in [0.2, 0.25) is 11.8 Å². The maximum absolute atomic E-state index is 13.4. The predicted octanol–water partition coefficient (Wildman–Crippen LogP) is 2.95. The fourth-order valence-electron chi connectivity index (χ4n) is 3.58. The van der Waals surface area contributed by atoms with Crippen molar-refractivity contribution < 1.29 is 19.4 Å². The summed E-state index contributed by atoms with van der Waals surface area (Å²) in [7, 11) is 1.72. The number of ether oxygens (including phenoxy) is 1. The summed E-state index contributed by atoms with van der Waals surface area (Å²) >= 11 is 0. The van der Waals surface area contributed by atoms with Crippen molar-refractivity contribution in [3.8, 4) is 5.88 Å². The highest BCUT2D eigenvalue weighted by molar-refractivity contribution is 5.97. The molecule has 1 N–H and O–H groups in total. The van der Waals surface area contributed by atoms with Gasteiger partial charge in [-0.05, 0) is 24.1 Å². The van der Waals surface area contributed by atoms with Crippen molar-refractivity contribution in [1.29, 1.82) is 0 Å². The fraction of sp³-hybridized carbons (Fsp3) is 0.400. The van der Waals surface area contributed by atoms with Gasteiger partial charge in [0.15, 0.2) is 0 Å². The van der Waals surface area contributed by atoms with Crippen LogP contribution in [-0.2, 0) is 4.79 Å². The predicted molar refractivity (Wildman–Crippen MR) is 124 cm³/mol. The van der Waals surface area contributed by atoms with Crippen LogP contribution in [0.5, 0.6) is 5.88 Å². The molecule has 2 heterocycles. The molecular formula is C25H31N3O4. The molecule has 0 saturated carbocycles. The van der Waals surface area contributed by atoms with Crippen LogP contribution in [0.15, 0.2) is 42.6 Å². The zero-order chi connectivity index (χ0) is 23.3. The van der Waals surface area contributed by atoms with Crippen LogP contribution in [0.25, 0.3) is 12.2 Å². The number of rotatable bonds is 6. The van der Waals surface area contributed by atoms with Gasteiger partial charge in [-0.25, -0.2) is 4.98 Å². The molecule has 3 rings (SSSR count). The highest BCUT2D eigenvalue weighted by Gasteiger charge is 2.34. The number of carbonyl (C=O) groups excluding carboxylic acids is 2. The number of likely N-dealkylation sites (N-methyl/N-ethyl adjacent to an activating group) is 1. The van der Waals surface area contributed by atoms with Crippen molar-refractivity contribution in [2.45, 2.75) is 32.9 Å². The van der Waals surface area contributed by atoms with Crippen LogP contribution < -0.4 is 4.74 Å². The SMILES string of the molecule is CC(=O)N(C)C[C@@H]1Oc2ncc(/C=C/c3ccccc3)cc2C(=O)N([C@@H](C)CO)C[C@@H]1C. The van der Waals surface area contributed by atoms with Crippen molar-refractivity contribution in [2.75, 3.05) is 26.7 Å². The third-order valence-electron chi connectivity index (χ3n) is 5.80. The standard InChI is InChI=1S/C25H31N3O4/c1-17-14-28(18(2)16-29)25(31)22-12-21(11-10-20-8-6-5-7-9-20)13-26-24(22)32-23(17)15-27(4)19(3)30/h5-13,17-18,23,29H,14-16H2,1-4H3/b11-10+/t17-,18-,23-/m0/s1. The highest BCUT2D eigenvalue weighted by atomic mass is 16.5. The monoisotopic (exact) mass is 437 g/mol. The van der Waals surface area contributed by atoms with Crippen LogP contribution in [0.3, 0.4) is 0 Å². The number of aliphatic hydroxyl groups is 1. The molecule has 1 aliphatic rings. The Bertz CT molecular complexity index is 976. The van der Waals surface area contributed by atoms with Crippen LogP contribution in [0, 0.1) is 5.92 Å². The second kappa shape index (κ2) is 10.4. The van der Waals surface area contributed by atoms with Gasteiger partial charge in [0, 0.05) is 32.6 Å². The quantitative estimate of drug-likeness (QED) is 0.751. The van der Waals surface area contributed by atoms with E-state index >= 15 is 0 Å². The van der Waals surface area contributed by atoms with Crippen LogP contribution in [0.1, 0.15) is 42.3 Å². The molecule has 170 valence electrons. The molecule has 32 heavy (non-hydrogen) atoms. The fourth-order valence-corrected chi connectivity index (χ4v) is 3.58. The van der Waals surface area contributed by atoms with Gasteiger partial charge in [-0.3, -0.25) is 9.59 Å². The number of aliphatic hydroxyl groups excluding tert-OH is 1. The number of benzene rings is 1. The largest absolute Gasteiger partial charge is 0.472 e. The number of pyridine rings is 1. The minimum atomic E-state index is -0.356. The molecule has 7 heteroatoms. The van der Waals surface area contributed by atoms with Gasteiger partial charge in [-0.1, -0.05) is 49.4 Å². The Hall–Kier alpha value is -3.19. The lowest BCUT2D eigenvalue weighted by Crippen LogP contribution is -2.50. The maximum Gasteiger partial charge on any atom is 0.259 e. The maximum atomic E-state index is 13.4. The van der Waals surface area contributed by atoms with E-state index in [4.69, 9.17) is 4.74 Å². The Labute approximate surface area is 189 Å². The molecule has 1 aromatic carbocycles. The zero-order valence-electron chi connectivity index (χ0n) is 19.1. The topological polar surface area (TPSA) is 83.0 Å². The Balaban J connectivity index is 1.98. The highest BCUT2D eigenvalue weighted by Crippen LogP contribution is 2.28. The molecule has 3 atom stereocenters. The van der Waals surface area contributed by atoms with Crippen molar-refractivity contribution >= 4 is 24.0 Å². The molecule has 1 aliphatic heterocycles. The number of amides is 2. The number of nitrogens with zero attached hydrogens (tertiary/aromatic N) is 3. The number of fused-ring (bicyclic) bond motifs is 1. The number of carbonyl (C=O) groups is 2. The van der Waals surface area contributed by atoms with Crippen LogP contribution in [0.4, 0.5) is 0 Å². The van der Waals surface area contributed by atoms with Gasteiger partial charge >= 0.3 is 0 Å². The summed E-state index contributed by atoms with van der Waals surface area (Å²) in [4.78, 5) is 32.9. The van der Waals surface area contributed by atoms with Crippen LogP contribution in [-0.4, -0.2) is 70.6 Å². The first-order chi connectivity index (χ1) is 15.3. The third-order valence-corrected chi connectivity index (χ3v) is 5.80. The van der Waals surface area contributed by atoms with E-state index < -0.39 is 0 Å². The Kier molecular flexibility index (Phi) is 7.64. The van der Waals surface area contributed by atoms with E-state index in [0.29, 0.717) is 18.7 Å². The molecule has 0 spiro atoms. The van der Waals surface area contributed by atoms with Crippen LogP contribution >= 0.6 is 0 Å². The summed E-state index contributed by atoms with van der Waals surface area (Å²) in [6.07, 6.45) is 5.18. The van der Waals surface area contributed by atoms with Crippen molar-refractivity contribution in [2.24, 2.45) is 5.92 Å². The number of hydrogen-bond acceptors (Lipinski definition) is 5. The lowest BCUT2D eigenvalue weighted by molar-refractivity contribution is -0.129. The minimum absolute atomic E-state index is 0.0610. The molecule has 0 unspecified atom stereocenters. The first-order valence-corrected chi connectivity index (χ1v) is 10.8. The first-order valence-electron chi connectivity index (χ1n) is 10.8. The number of aromatic nitrogens is 1. The van der Waals surface area contributed by atoms with Gasteiger partial charge in [-0.2, -0.15) is 0 Å². The molecule has 7 nitrogen and oxygen atoms in total. The van der Waals surface area contributed by atoms with Crippen molar-refractivity contribution in [1.82, 2.24) is 14.8 Å². The lowest BCUT2D eigenvalue weighted by Gasteiger charge is -2.37. The molecule has 1 aromatic heterocycles. The van der Waals surface area contributed by atoms with Gasteiger partial charge in [0.05, 0.1) is 19.2 Å². The summed E-state index contributed by atoms with van der Waals surface area (Å²) < 4.78 is 6.18. The molecule has 2 aromatic rings. The van der Waals surface area contributed by atoms with E-state index in [2.05, 4.69) is 4.98 Å². The average Bonchev–Trinajstić information content (AvgIpc) is 2.80. The van der Waals surface area contributed by atoms with E-state index in [1.807, 2.05) is 56.3 Å². The summed E-state index contributed by atoms with van der Waals surface area (Å²) in [5, 5.41) is 9.75. The van der Waals surface area contributed by atoms with E-state index in [9.17, 15) is 14.7 Å². The molecule has 0 radical (unpaired) electrons. The molecular weight excluding hydrogens is 406 g/mol. The second-order valence-electron chi connectivity index (χ2n) is 8.39. The third kappa shape index (κ3) is 5.53. The Morgan fingerprint density at radius 1 is 1.31 bits per heavy atom. The smallest absolute Gasteiger partial charge is 0.259 e. The van der Waals surface area contributed by atoms with E-state index in [-0.39, 0.29) is 42.4 Å². The van der Waals surface area contributed by atoms with Crippen LogP contribution in [0.2, 0.25) is 0 Å². The number of hydrogen-bond donors (Lipinski definition) is 1. The lowest BCUT2D eigenvalue weighted by atomic mass is 9.99. The normalized spacial score (nSPS) is 19.7. The Morgan fingerprint density at radius 2 is 2.00 bits per heavy atom. The summed E-state index contributed by atoms with van der Waals surface area (Å²) in [6.45, 7) is 5.94.